The zero-order valence-electron chi connectivity index (χ0n) is 8.64. The Kier molecular flexibility index (Phi) is 4.27. The van der Waals surface area contributed by atoms with Crippen molar-refractivity contribution in [3.8, 4) is 0 Å². The van der Waals surface area contributed by atoms with Crippen LogP contribution in [0.3, 0.4) is 0 Å². The van der Waals surface area contributed by atoms with Gasteiger partial charge in [0.25, 0.3) is 0 Å². The van der Waals surface area contributed by atoms with Gasteiger partial charge < -0.3 is 15.6 Å². The fourth-order valence-corrected chi connectivity index (χ4v) is 1.18. The van der Waals surface area contributed by atoms with E-state index in [0.29, 0.717) is 0 Å². The molecule has 0 saturated heterocycles. The van der Waals surface area contributed by atoms with E-state index in [1.807, 2.05) is 31.2 Å². The number of benzene rings is 1. The molecule has 4 heteroatoms. The highest BCUT2D eigenvalue weighted by molar-refractivity contribution is 5.67. The van der Waals surface area contributed by atoms with Gasteiger partial charge in [0, 0.05) is 0 Å². The van der Waals surface area contributed by atoms with Crippen molar-refractivity contribution in [2.24, 2.45) is 5.73 Å². The van der Waals surface area contributed by atoms with E-state index >= 15 is 0 Å². The lowest BCUT2D eigenvalue weighted by atomic mass is 10.1. The van der Waals surface area contributed by atoms with Crippen molar-refractivity contribution in [3.05, 3.63) is 35.4 Å². The molecule has 0 fully saturated rings. The summed E-state index contributed by atoms with van der Waals surface area (Å²) in [6, 6.07) is 7.50. The second kappa shape index (κ2) is 5.48. The van der Waals surface area contributed by atoms with E-state index in [2.05, 4.69) is 0 Å². The largest absolute Gasteiger partial charge is 0.480 e. The summed E-state index contributed by atoms with van der Waals surface area (Å²) in [5.41, 5.74) is 7.93. The van der Waals surface area contributed by atoms with Gasteiger partial charge >= 0.3 is 5.97 Å². The van der Waals surface area contributed by atoms with Gasteiger partial charge in [0.05, 0.1) is 12.6 Å². The Bertz CT molecular complexity index is 321. The fourth-order valence-electron chi connectivity index (χ4n) is 1.18. The lowest BCUT2D eigenvalue weighted by Crippen LogP contribution is -2.19. The van der Waals surface area contributed by atoms with Gasteiger partial charge in [-0.05, 0) is 12.5 Å². The molecule has 1 rings (SSSR count). The minimum atomic E-state index is -0.980. The molecule has 1 aromatic carbocycles. The highest BCUT2D eigenvalue weighted by Gasteiger charge is 2.06. The number of aryl methyl sites for hydroxylation is 1. The van der Waals surface area contributed by atoms with Gasteiger partial charge in [-0.25, -0.2) is 4.79 Å². The summed E-state index contributed by atoms with van der Waals surface area (Å²) in [7, 11) is 0. The first kappa shape index (κ1) is 11.7. The SMILES string of the molecule is Cc1ccc(C(N)COCC(=O)O)cc1. The third-order valence-electron chi connectivity index (χ3n) is 2.03. The Morgan fingerprint density at radius 1 is 1.47 bits per heavy atom. The molecule has 1 unspecified atom stereocenters. The van der Waals surface area contributed by atoms with Crippen LogP contribution in [0, 0.1) is 6.92 Å². The highest BCUT2D eigenvalue weighted by atomic mass is 16.5. The molecule has 0 bridgehead atoms. The van der Waals surface area contributed by atoms with Crippen LogP contribution in [0.2, 0.25) is 0 Å². The van der Waals surface area contributed by atoms with Gasteiger partial charge in [-0.2, -0.15) is 0 Å². The maximum atomic E-state index is 10.2. The van der Waals surface area contributed by atoms with Crippen molar-refractivity contribution >= 4 is 5.97 Å². The first-order valence-electron chi connectivity index (χ1n) is 4.71. The van der Waals surface area contributed by atoms with E-state index in [-0.39, 0.29) is 19.3 Å². The molecule has 0 heterocycles. The molecule has 0 radical (unpaired) electrons. The molecule has 0 aliphatic heterocycles. The molecule has 15 heavy (non-hydrogen) atoms. The summed E-state index contributed by atoms with van der Waals surface area (Å²) < 4.78 is 4.92. The van der Waals surface area contributed by atoms with Gasteiger partial charge in [-0.15, -0.1) is 0 Å². The first-order chi connectivity index (χ1) is 7.09. The summed E-state index contributed by atoms with van der Waals surface area (Å²) in [5, 5.41) is 8.37. The normalized spacial score (nSPS) is 12.4. The number of hydrogen-bond acceptors (Lipinski definition) is 3. The van der Waals surface area contributed by atoms with Gasteiger partial charge in [0.2, 0.25) is 0 Å². The van der Waals surface area contributed by atoms with E-state index in [1.54, 1.807) is 0 Å². The van der Waals surface area contributed by atoms with E-state index in [9.17, 15) is 4.79 Å². The zero-order valence-corrected chi connectivity index (χ0v) is 8.64. The number of carboxylic acids is 1. The fraction of sp³-hybridized carbons (Fsp3) is 0.364. The average molecular weight is 209 g/mol. The highest BCUT2D eigenvalue weighted by Crippen LogP contribution is 2.11. The average Bonchev–Trinajstić information content (AvgIpc) is 2.18. The van der Waals surface area contributed by atoms with Crippen LogP contribution in [0.15, 0.2) is 24.3 Å². The number of aliphatic carboxylic acids is 1. The molecule has 82 valence electrons. The molecular formula is C11H15NO3. The van der Waals surface area contributed by atoms with Crippen LogP contribution in [0.1, 0.15) is 17.2 Å². The van der Waals surface area contributed by atoms with Crippen molar-refractivity contribution in [2.45, 2.75) is 13.0 Å². The van der Waals surface area contributed by atoms with E-state index in [1.165, 1.54) is 0 Å². The lowest BCUT2D eigenvalue weighted by Gasteiger charge is -2.11. The number of nitrogens with two attached hydrogens (primary N) is 1. The summed E-state index contributed by atoms with van der Waals surface area (Å²) in [4.78, 5) is 10.2. The number of carboxylic acid groups (broad SMARTS) is 1. The monoisotopic (exact) mass is 209 g/mol. The third-order valence-corrected chi connectivity index (χ3v) is 2.03. The third kappa shape index (κ3) is 4.10. The Hall–Kier alpha value is -1.39. The van der Waals surface area contributed by atoms with E-state index in [4.69, 9.17) is 15.6 Å². The predicted octanol–water partition coefficient (Wildman–Crippen LogP) is 1.10. The van der Waals surface area contributed by atoms with Crippen LogP contribution in [-0.4, -0.2) is 24.3 Å². The summed E-state index contributed by atoms with van der Waals surface area (Å²) in [6.07, 6.45) is 0. The standard InChI is InChI=1S/C11H15NO3/c1-8-2-4-9(5-3-8)10(12)6-15-7-11(13)14/h2-5,10H,6-7,12H2,1H3,(H,13,14). The lowest BCUT2D eigenvalue weighted by molar-refractivity contribution is -0.142. The minimum Gasteiger partial charge on any atom is -0.480 e. The van der Waals surface area contributed by atoms with Crippen LogP contribution in [0.4, 0.5) is 0 Å². The van der Waals surface area contributed by atoms with Gasteiger partial charge in [-0.1, -0.05) is 29.8 Å². The zero-order chi connectivity index (χ0) is 11.3. The molecule has 0 spiro atoms. The van der Waals surface area contributed by atoms with Crippen molar-refractivity contribution < 1.29 is 14.6 Å². The van der Waals surface area contributed by atoms with Crippen LogP contribution >= 0.6 is 0 Å². The molecule has 0 saturated carbocycles. The Labute approximate surface area is 88.7 Å². The topological polar surface area (TPSA) is 72.5 Å². The van der Waals surface area contributed by atoms with Crippen LogP contribution in [-0.2, 0) is 9.53 Å². The van der Waals surface area contributed by atoms with Crippen molar-refractivity contribution in [1.82, 2.24) is 0 Å². The molecule has 1 aromatic rings. The summed E-state index contributed by atoms with van der Waals surface area (Å²) in [6.45, 7) is 1.91. The first-order valence-corrected chi connectivity index (χ1v) is 4.71. The number of hydrogen-bond donors (Lipinski definition) is 2. The summed E-state index contributed by atoms with van der Waals surface area (Å²) >= 11 is 0. The smallest absolute Gasteiger partial charge is 0.329 e. The summed E-state index contributed by atoms with van der Waals surface area (Å²) in [5.74, 6) is -0.980. The molecule has 0 amide bonds. The number of ether oxygens (including phenoxy) is 1. The maximum absolute atomic E-state index is 10.2. The molecule has 0 aliphatic rings. The molecule has 0 aliphatic carbocycles. The van der Waals surface area contributed by atoms with Crippen LogP contribution < -0.4 is 5.73 Å². The minimum absolute atomic E-state index is 0.218. The van der Waals surface area contributed by atoms with Crippen LogP contribution in [0.5, 0.6) is 0 Å². The molecule has 0 aromatic heterocycles. The molecule has 1 atom stereocenters. The van der Waals surface area contributed by atoms with Gasteiger partial charge in [-0.3, -0.25) is 0 Å². The quantitative estimate of drug-likeness (QED) is 0.761. The van der Waals surface area contributed by atoms with Crippen molar-refractivity contribution in [3.63, 3.8) is 0 Å². The van der Waals surface area contributed by atoms with E-state index in [0.717, 1.165) is 11.1 Å². The number of carbonyl (C=O) groups is 1. The Morgan fingerprint density at radius 3 is 2.60 bits per heavy atom. The molecule has 4 nitrogen and oxygen atoms in total. The van der Waals surface area contributed by atoms with Gasteiger partial charge in [0.1, 0.15) is 6.61 Å². The maximum Gasteiger partial charge on any atom is 0.329 e. The van der Waals surface area contributed by atoms with Crippen molar-refractivity contribution in [1.29, 1.82) is 0 Å². The number of rotatable bonds is 5. The molecular weight excluding hydrogens is 194 g/mol. The Morgan fingerprint density at radius 2 is 2.07 bits per heavy atom. The molecule has 3 N–H and O–H groups in total. The van der Waals surface area contributed by atoms with Gasteiger partial charge in [0.15, 0.2) is 0 Å². The van der Waals surface area contributed by atoms with E-state index < -0.39 is 5.97 Å². The Balaban J connectivity index is 2.43. The second-order valence-electron chi connectivity index (χ2n) is 3.43. The van der Waals surface area contributed by atoms with Crippen molar-refractivity contribution in [2.75, 3.05) is 13.2 Å². The predicted molar refractivity (Wildman–Crippen MR) is 56.6 cm³/mol. The van der Waals surface area contributed by atoms with Crippen LogP contribution in [0.25, 0.3) is 0 Å². The second-order valence-corrected chi connectivity index (χ2v) is 3.43.